The first-order valence-electron chi connectivity index (χ1n) is 11.5. The highest BCUT2D eigenvalue weighted by atomic mass is 16.5. The van der Waals surface area contributed by atoms with Gasteiger partial charge in [-0.15, -0.1) is 0 Å². The van der Waals surface area contributed by atoms with Gasteiger partial charge in [0.05, 0.1) is 24.2 Å². The largest absolute Gasteiger partial charge is 0.489 e. The van der Waals surface area contributed by atoms with Crippen molar-refractivity contribution >= 4 is 16.9 Å². The van der Waals surface area contributed by atoms with Crippen molar-refractivity contribution in [2.45, 2.75) is 52.3 Å². The van der Waals surface area contributed by atoms with Gasteiger partial charge in [-0.3, -0.25) is 14.2 Å². The molecule has 0 bridgehead atoms. The number of carboxylic acids is 1. The summed E-state index contributed by atoms with van der Waals surface area (Å²) in [4.78, 5) is 11.2. The van der Waals surface area contributed by atoms with Crippen LogP contribution in [0, 0.1) is 0 Å². The first-order chi connectivity index (χ1) is 16.4. The first kappa shape index (κ1) is 23.3. The number of carbonyl (C=O) groups is 1. The number of fused-ring (bicyclic) bond motifs is 1. The first-order valence-corrected chi connectivity index (χ1v) is 11.5. The molecule has 0 saturated heterocycles. The van der Waals surface area contributed by atoms with E-state index in [4.69, 9.17) is 14.9 Å². The van der Waals surface area contributed by atoms with Crippen LogP contribution in [0.25, 0.3) is 10.9 Å². The van der Waals surface area contributed by atoms with Gasteiger partial charge in [0.2, 0.25) is 0 Å². The number of rotatable bonds is 10. The lowest BCUT2D eigenvalue weighted by atomic mass is 9.95. The second kappa shape index (κ2) is 10.4. The summed E-state index contributed by atoms with van der Waals surface area (Å²) in [6.07, 6.45) is 7.58. The Morgan fingerprint density at radius 1 is 1.18 bits per heavy atom. The third kappa shape index (κ3) is 5.36. The molecular weight excluding hydrogens is 428 g/mol. The average Bonchev–Trinajstić information content (AvgIpc) is 3.46. The third-order valence-corrected chi connectivity index (χ3v) is 5.74. The Labute approximate surface area is 199 Å². The lowest BCUT2D eigenvalue weighted by Gasteiger charge is -2.12. The van der Waals surface area contributed by atoms with Crippen molar-refractivity contribution in [3.8, 4) is 5.75 Å². The molecule has 176 valence electrons. The SMILES string of the molecule is CC=C[C@H](CC(=O)O)c1ccc(OCc2ccc3c(Cn4cccn4)nn(C(C)C)c3c2)cc1. The van der Waals surface area contributed by atoms with Crippen molar-refractivity contribution in [1.82, 2.24) is 19.6 Å². The molecule has 2 aromatic heterocycles. The zero-order chi connectivity index (χ0) is 24.1. The molecule has 7 heteroatoms. The van der Waals surface area contributed by atoms with Gasteiger partial charge >= 0.3 is 5.97 Å². The topological polar surface area (TPSA) is 82.2 Å². The van der Waals surface area contributed by atoms with Gasteiger partial charge in [0.1, 0.15) is 12.4 Å². The number of hydrogen-bond donors (Lipinski definition) is 1. The van der Waals surface area contributed by atoms with Crippen molar-refractivity contribution in [2.24, 2.45) is 0 Å². The van der Waals surface area contributed by atoms with Gasteiger partial charge in [-0.2, -0.15) is 10.2 Å². The molecule has 0 radical (unpaired) electrons. The van der Waals surface area contributed by atoms with Crippen LogP contribution in [0.5, 0.6) is 5.75 Å². The molecule has 0 spiro atoms. The summed E-state index contributed by atoms with van der Waals surface area (Å²) in [5.74, 6) is -0.214. The molecule has 0 aliphatic carbocycles. The van der Waals surface area contributed by atoms with Gasteiger partial charge in [-0.05, 0) is 56.2 Å². The molecule has 0 unspecified atom stereocenters. The highest BCUT2D eigenvalue weighted by molar-refractivity contribution is 5.83. The van der Waals surface area contributed by atoms with E-state index in [9.17, 15) is 4.79 Å². The van der Waals surface area contributed by atoms with Gasteiger partial charge in [-0.25, -0.2) is 0 Å². The average molecular weight is 459 g/mol. The van der Waals surface area contributed by atoms with Crippen molar-refractivity contribution in [3.05, 3.63) is 89.9 Å². The van der Waals surface area contributed by atoms with Crippen LogP contribution in [-0.2, 0) is 17.9 Å². The van der Waals surface area contributed by atoms with Crippen LogP contribution in [0.1, 0.15) is 56.0 Å². The Kier molecular flexibility index (Phi) is 7.11. The minimum absolute atomic E-state index is 0.0659. The summed E-state index contributed by atoms with van der Waals surface area (Å²) >= 11 is 0. The van der Waals surface area contributed by atoms with Crippen LogP contribution in [0.2, 0.25) is 0 Å². The molecule has 4 rings (SSSR count). The van der Waals surface area contributed by atoms with E-state index in [1.807, 2.05) is 60.3 Å². The minimum atomic E-state index is -0.813. The van der Waals surface area contributed by atoms with Gasteiger partial charge < -0.3 is 9.84 Å². The predicted octanol–water partition coefficient (Wildman–Crippen LogP) is 5.58. The molecule has 1 N–H and O–H groups in total. The van der Waals surface area contributed by atoms with Crippen LogP contribution in [0.3, 0.4) is 0 Å². The maximum Gasteiger partial charge on any atom is 0.304 e. The Hall–Kier alpha value is -3.87. The number of benzene rings is 2. The number of carboxylic acid groups (broad SMARTS) is 1. The zero-order valence-electron chi connectivity index (χ0n) is 19.8. The van der Waals surface area contributed by atoms with Crippen molar-refractivity contribution in [2.75, 3.05) is 0 Å². The predicted molar refractivity (Wildman–Crippen MR) is 132 cm³/mol. The quantitative estimate of drug-likeness (QED) is 0.314. The Morgan fingerprint density at radius 3 is 2.62 bits per heavy atom. The molecule has 0 saturated carbocycles. The third-order valence-electron chi connectivity index (χ3n) is 5.74. The fraction of sp³-hybridized carbons (Fsp3) is 0.296. The monoisotopic (exact) mass is 458 g/mol. The number of nitrogens with zero attached hydrogens (tertiary/aromatic N) is 4. The fourth-order valence-electron chi connectivity index (χ4n) is 4.09. The van der Waals surface area contributed by atoms with E-state index in [2.05, 4.69) is 41.8 Å². The maximum absolute atomic E-state index is 11.2. The molecule has 1 atom stereocenters. The molecule has 0 aliphatic heterocycles. The molecular formula is C27H30N4O3. The zero-order valence-corrected chi connectivity index (χ0v) is 19.8. The van der Waals surface area contributed by atoms with Gasteiger partial charge in [0.15, 0.2) is 0 Å². The van der Waals surface area contributed by atoms with Crippen molar-refractivity contribution in [1.29, 1.82) is 0 Å². The molecule has 2 heterocycles. The molecule has 4 aromatic rings. The summed E-state index contributed by atoms with van der Waals surface area (Å²) in [5, 5.41) is 19.4. The van der Waals surface area contributed by atoms with Crippen molar-refractivity contribution in [3.63, 3.8) is 0 Å². The van der Waals surface area contributed by atoms with Crippen LogP contribution in [-0.4, -0.2) is 30.6 Å². The van der Waals surface area contributed by atoms with E-state index in [0.717, 1.165) is 33.5 Å². The smallest absolute Gasteiger partial charge is 0.304 e. The molecule has 0 fully saturated rings. The molecule has 34 heavy (non-hydrogen) atoms. The minimum Gasteiger partial charge on any atom is -0.489 e. The standard InChI is InChI=1S/C27H30N4O3/c1-4-6-22(16-27(32)33)21-8-10-23(11-9-21)34-18-20-7-12-24-25(17-30-14-5-13-28-30)29-31(19(2)3)26(24)15-20/h4-15,19,22H,16-18H2,1-3H3,(H,32,33)/t22-/m1/s1. The summed E-state index contributed by atoms with van der Waals surface area (Å²) in [6.45, 7) is 7.21. The number of ether oxygens (including phenoxy) is 1. The number of aromatic nitrogens is 4. The lowest BCUT2D eigenvalue weighted by molar-refractivity contribution is -0.137. The molecule has 7 nitrogen and oxygen atoms in total. The molecule has 2 aromatic carbocycles. The van der Waals surface area contributed by atoms with Crippen molar-refractivity contribution < 1.29 is 14.6 Å². The van der Waals surface area contributed by atoms with E-state index in [-0.39, 0.29) is 18.4 Å². The summed E-state index contributed by atoms with van der Waals surface area (Å²) in [7, 11) is 0. The molecule has 0 amide bonds. The van der Waals surface area contributed by atoms with Gasteiger partial charge in [0.25, 0.3) is 0 Å². The van der Waals surface area contributed by atoms with E-state index < -0.39 is 5.97 Å². The summed E-state index contributed by atoms with van der Waals surface area (Å²) in [6, 6.07) is 16.1. The number of allylic oxidation sites excluding steroid dienone is 2. The van der Waals surface area contributed by atoms with E-state index >= 15 is 0 Å². The second-order valence-electron chi connectivity index (χ2n) is 8.63. The number of aliphatic carboxylic acids is 1. The van der Waals surface area contributed by atoms with Gasteiger partial charge in [-0.1, -0.05) is 36.4 Å². The summed E-state index contributed by atoms with van der Waals surface area (Å²) < 4.78 is 9.96. The number of hydrogen-bond acceptors (Lipinski definition) is 4. The van der Waals surface area contributed by atoms with Gasteiger partial charge in [0, 0.05) is 29.7 Å². The van der Waals surface area contributed by atoms with E-state index in [1.165, 1.54) is 0 Å². The summed E-state index contributed by atoms with van der Waals surface area (Å²) in [5.41, 5.74) is 4.09. The molecule has 0 aliphatic rings. The van der Waals surface area contributed by atoms with E-state index in [0.29, 0.717) is 13.2 Å². The highest BCUT2D eigenvalue weighted by Gasteiger charge is 2.15. The second-order valence-corrected chi connectivity index (χ2v) is 8.63. The highest BCUT2D eigenvalue weighted by Crippen LogP contribution is 2.26. The van der Waals surface area contributed by atoms with E-state index in [1.54, 1.807) is 6.20 Å². The van der Waals surface area contributed by atoms with Crippen LogP contribution < -0.4 is 4.74 Å². The Morgan fingerprint density at radius 2 is 1.97 bits per heavy atom. The normalized spacial score (nSPS) is 12.6. The Balaban J connectivity index is 1.50. The maximum atomic E-state index is 11.2. The fourth-order valence-corrected chi connectivity index (χ4v) is 4.09. The Bertz CT molecular complexity index is 1270. The van der Waals surface area contributed by atoms with Crippen LogP contribution in [0.15, 0.2) is 73.1 Å². The van der Waals surface area contributed by atoms with Crippen LogP contribution >= 0.6 is 0 Å². The van der Waals surface area contributed by atoms with Crippen LogP contribution in [0.4, 0.5) is 0 Å². The lowest BCUT2D eigenvalue weighted by Crippen LogP contribution is -2.05.